The highest BCUT2D eigenvalue weighted by molar-refractivity contribution is 6.51. The Hall–Kier alpha value is -4.31. The molecule has 1 radical (unpaired) electrons. The number of nitrogens with one attached hydrogen (secondary N) is 3. The minimum absolute atomic E-state index is 0.0368. The summed E-state index contributed by atoms with van der Waals surface area (Å²) in [5.74, 6) is 0.134. The molecule has 1 fully saturated rings. The normalized spacial score (nSPS) is 16.2. The molecule has 1 unspecified atom stereocenters. The molecule has 195 valence electrons. The summed E-state index contributed by atoms with van der Waals surface area (Å²) < 4.78 is 14.8. The number of benzene rings is 2. The highest BCUT2D eigenvalue weighted by atomic mass is 19.1. The van der Waals surface area contributed by atoms with Gasteiger partial charge in [-0.15, -0.1) is 0 Å². The summed E-state index contributed by atoms with van der Waals surface area (Å²) in [5, 5.41) is 6.50. The maximum Gasteiger partial charge on any atom is 0.253 e. The molecular formula is C29H28BFN7O. The molecule has 4 aromatic rings. The predicted octanol–water partition coefficient (Wildman–Crippen LogP) is 3.52. The van der Waals surface area contributed by atoms with Crippen molar-refractivity contribution in [2.24, 2.45) is 4.99 Å². The molecule has 2 aliphatic heterocycles. The van der Waals surface area contributed by atoms with Gasteiger partial charge in [-0.25, -0.2) is 14.4 Å². The third kappa shape index (κ3) is 4.83. The average molecular weight is 520 g/mol. The number of halogens is 1. The van der Waals surface area contributed by atoms with Gasteiger partial charge >= 0.3 is 0 Å². The second kappa shape index (κ2) is 10.5. The molecule has 1 atom stereocenters. The van der Waals surface area contributed by atoms with Crippen molar-refractivity contribution in [3.8, 4) is 11.3 Å². The smallest absolute Gasteiger partial charge is 0.253 e. The SMILES string of the molecule is C[B]c1cc2c([nH]1)C(c1ccccc1F)=NCc1cnc(Nc3ccc(C(=O)N4CCC(NC)C4)cc3)nc1-2. The molecule has 39 heavy (non-hydrogen) atoms. The van der Waals surface area contributed by atoms with Crippen LogP contribution in [-0.2, 0) is 6.54 Å². The number of H-pyrrole nitrogens is 1. The minimum atomic E-state index is -0.327. The third-order valence-electron chi connectivity index (χ3n) is 7.31. The Labute approximate surface area is 227 Å². The van der Waals surface area contributed by atoms with E-state index in [0.29, 0.717) is 35.4 Å². The van der Waals surface area contributed by atoms with Crippen LogP contribution in [0.4, 0.5) is 16.0 Å². The van der Waals surface area contributed by atoms with E-state index in [1.807, 2.05) is 56.4 Å². The van der Waals surface area contributed by atoms with Crippen molar-refractivity contribution >= 4 is 36.1 Å². The Morgan fingerprint density at radius 3 is 2.72 bits per heavy atom. The molecule has 8 nitrogen and oxygen atoms in total. The number of aromatic nitrogens is 3. The Balaban J connectivity index is 1.27. The highest BCUT2D eigenvalue weighted by Gasteiger charge is 2.26. The number of likely N-dealkylation sites (tertiary alicyclic amines) is 1. The van der Waals surface area contributed by atoms with E-state index in [-0.39, 0.29) is 11.7 Å². The van der Waals surface area contributed by atoms with E-state index in [9.17, 15) is 9.18 Å². The number of nitrogens with zero attached hydrogens (tertiary/aromatic N) is 4. The minimum Gasteiger partial charge on any atom is -0.366 e. The van der Waals surface area contributed by atoms with Crippen LogP contribution in [0.15, 0.2) is 65.8 Å². The zero-order chi connectivity index (χ0) is 26.9. The van der Waals surface area contributed by atoms with Crippen molar-refractivity contribution in [3.63, 3.8) is 0 Å². The van der Waals surface area contributed by atoms with Crippen molar-refractivity contribution in [1.29, 1.82) is 0 Å². The van der Waals surface area contributed by atoms with Crippen LogP contribution in [0, 0.1) is 5.82 Å². The van der Waals surface area contributed by atoms with Gasteiger partial charge in [0.25, 0.3) is 5.91 Å². The van der Waals surface area contributed by atoms with Gasteiger partial charge in [0, 0.05) is 53.3 Å². The van der Waals surface area contributed by atoms with Crippen LogP contribution in [0.2, 0.25) is 6.82 Å². The number of rotatable bonds is 6. The predicted molar refractivity (Wildman–Crippen MR) is 152 cm³/mol. The first-order chi connectivity index (χ1) is 19.0. The van der Waals surface area contributed by atoms with E-state index in [0.717, 1.165) is 53.3 Å². The van der Waals surface area contributed by atoms with Crippen molar-refractivity contribution in [1.82, 2.24) is 25.2 Å². The molecule has 3 N–H and O–H groups in total. The number of aliphatic imine (C=N–C) groups is 1. The molecule has 0 aliphatic carbocycles. The van der Waals surface area contributed by atoms with Crippen LogP contribution in [0.1, 0.15) is 33.6 Å². The Morgan fingerprint density at radius 2 is 1.97 bits per heavy atom. The number of likely N-dealkylation sites (N-methyl/N-ethyl adjacent to an activating group) is 1. The summed E-state index contributed by atoms with van der Waals surface area (Å²) in [6.45, 7) is 3.75. The number of anilines is 2. The van der Waals surface area contributed by atoms with Crippen LogP contribution < -0.4 is 16.2 Å². The van der Waals surface area contributed by atoms with Crippen molar-refractivity contribution < 1.29 is 9.18 Å². The second-order valence-electron chi connectivity index (χ2n) is 9.74. The standard InChI is InChI=1S/C29H28BFN7O/c1-30-24-13-22-25-18(14-33-26(27(22)36-24)21-5-3-4-6-23(21)31)15-34-29(37-25)35-19-9-7-17(8-10-19)28(39)38-12-11-20(16-38)32-2/h3-10,13,15,20,32,36H,11-12,14,16H2,1-2H3,(H,34,35,37). The quantitative estimate of drug-likeness (QED) is 0.338. The van der Waals surface area contributed by atoms with Crippen LogP contribution in [0.25, 0.3) is 11.3 Å². The lowest BCUT2D eigenvalue weighted by molar-refractivity contribution is 0.0789. The molecule has 0 spiro atoms. The lowest BCUT2D eigenvalue weighted by Gasteiger charge is -2.16. The number of carbonyl (C=O) groups excluding carboxylic acids is 1. The van der Waals surface area contributed by atoms with E-state index in [1.165, 1.54) is 6.07 Å². The maximum atomic E-state index is 14.8. The van der Waals surface area contributed by atoms with Gasteiger partial charge in [-0.2, -0.15) is 0 Å². The molecule has 2 aromatic heterocycles. The first-order valence-electron chi connectivity index (χ1n) is 13.1. The summed E-state index contributed by atoms with van der Waals surface area (Å²) in [4.78, 5) is 32.3. The number of amides is 1. The molecule has 1 saturated heterocycles. The van der Waals surface area contributed by atoms with Gasteiger partial charge in [0.15, 0.2) is 7.28 Å². The van der Waals surface area contributed by atoms with Crippen molar-refractivity contribution in [2.75, 3.05) is 25.5 Å². The van der Waals surface area contributed by atoms with Crippen LogP contribution in [0.3, 0.4) is 0 Å². The number of carbonyl (C=O) groups is 1. The monoisotopic (exact) mass is 520 g/mol. The van der Waals surface area contributed by atoms with Crippen molar-refractivity contribution in [2.45, 2.75) is 25.8 Å². The number of hydrogen-bond acceptors (Lipinski definition) is 6. The zero-order valence-corrected chi connectivity index (χ0v) is 21.8. The van der Waals surface area contributed by atoms with Gasteiger partial charge in [0.05, 0.1) is 23.6 Å². The largest absolute Gasteiger partial charge is 0.366 e. The van der Waals surface area contributed by atoms with Gasteiger partial charge < -0.3 is 20.5 Å². The van der Waals surface area contributed by atoms with Crippen LogP contribution in [-0.4, -0.2) is 64.9 Å². The summed E-state index contributed by atoms with van der Waals surface area (Å²) in [6.07, 6.45) is 2.72. The van der Waals surface area contributed by atoms with E-state index in [1.54, 1.807) is 24.4 Å². The lowest BCUT2D eigenvalue weighted by Crippen LogP contribution is -2.33. The lowest BCUT2D eigenvalue weighted by atomic mass is 9.78. The third-order valence-corrected chi connectivity index (χ3v) is 7.31. The van der Waals surface area contributed by atoms with Gasteiger partial charge in [0.1, 0.15) is 5.82 Å². The topological polar surface area (TPSA) is 98.3 Å². The fourth-order valence-corrected chi connectivity index (χ4v) is 5.12. The first kappa shape index (κ1) is 25.0. The molecule has 4 heterocycles. The molecule has 2 aromatic carbocycles. The van der Waals surface area contributed by atoms with E-state index in [2.05, 4.69) is 20.6 Å². The molecule has 0 bridgehead atoms. The number of aromatic amines is 1. The molecule has 1 amide bonds. The van der Waals surface area contributed by atoms with Gasteiger partial charge in [-0.1, -0.05) is 19.0 Å². The van der Waals surface area contributed by atoms with Gasteiger partial charge in [-0.3, -0.25) is 9.79 Å². The summed E-state index contributed by atoms with van der Waals surface area (Å²) in [6, 6.07) is 16.4. The molecule has 2 aliphatic rings. The molecule has 10 heteroatoms. The molecule has 0 saturated carbocycles. The summed E-state index contributed by atoms with van der Waals surface area (Å²) >= 11 is 0. The fraction of sp³-hybridized carbons (Fsp3) is 0.241. The van der Waals surface area contributed by atoms with E-state index >= 15 is 0 Å². The number of fused-ring (bicyclic) bond motifs is 3. The van der Waals surface area contributed by atoms with E-state index < -0.39 is 0 Å². The van der Waals surface area contributed by atoms with Gasteiger partial charge in [-0.05, 0) is 61.5 Å². The van der Waals surface area contributed by atoms with Crippen molar-refractivity contribution in [3.05, 3.63) is 89.0 Å². The second-order valence-corrected chi connectivity index (χ2v) is 9.74. The van der Waals surface area contributed by atoms with Crippen LogP contribution in [0.5, 0.6) is 0 Å². The highest BCUT2D eigenvalue weighted by Crippen LogP contribution is 2.31. The Kier molecular flexibility index (Phi) is 6.70. The van der Waals surface area contributed by atoms with Crippen LogP contribution >= 0.6 is 0 Å². The number of hydrogen-bond donors (Lipinski definition) is 3. The Bertz CT molecular complexity index is 1570. The molecule has 6 rings (SSSR count). The zero-order valence-electron chi connectivity index (χ0n) is 21.8. The summed E-state index contributed by atoms with van der Waals surface area (Å²) in [7, 11) is 3.88. The summed E-state index contributed by atoms with van der Waals surface area (Å²) in [5.41, 5.74) is 6.47. The van der Waals surface area contributed by atoms with E-state index in [4.69, 9.17) is 9.98 Å². The maximum absolute atomic E-state index is 14.8. The van der Waals surface area contributed by atoms with Gasteiger partial charge in [0.2, 0.25) is 5.95 Å². The molecular weight excluding hydrogens is 492 g/mol. The first-order valence-corrected chi connectivity index (χ1v) is 13.1. The Morgan fingerprint density at radius 1 is 1.15 bits per heavy atom. The fourth-order valence-electron chi connectivity index (χ4n) is 5.12. The average Bonchev–Trinajstić information content (AvgIpc) is 3.59.